The van der Waals surface area contributed by atoms with Crippen LogP contribution in [0.3, 0.4) is 0 Å². The summed E-state index contributed by atoms with van der Waals surface area (Å²) in [5.74, 6) is 0.805. The number of fused-ring (bicyclic) bond motifs is 1. The summed E-state index contributed by atoms with van der Waals surface area (Å²) in [7, 11) is 1.65. The summed E-state index contributed by atoms with van der Waals surface area (Å²) in [6, 6.07) is 25.4. The number of carbonyl (C=O) groups is 1. The number of rotatable bonds is 6. The molecule has 0 radical (unpaired) electrons. The Balaban J connectivity index is 1.58. The molecule has 2 amide bonds. The van der Waals surface area contributed by atoms with Crippen LogP contribution in [0, 0.1) is 0 Å². The summed E-state index contributed by atoms with van der Waals surface area (Å²) in [5, 5.41) is 7.04. The number of H-pyrrole nitrogens is 1. The molecular weight excluding hydrogens is 362 g/mol. The number of ether oxygens (including phenoxy) is 1. The fraction of sp³-hybridized carbons (Fsp3) is 0.125. The van der Waals surface area contributed by atoms with Crippen LogP contribution >= 0.6 is 0 Å². The van der Waals surface area contributed by atoms with Crippen molar-refractivity contribution >= 4 is 22.6 Å². The summed E-state index contributed by atoms with van der Waals surface area (Å²) in [6.45, 7) is 0.465. The number of methoxy groups -OCH3 is 1. The van der Waals surface area contributed by atoms with Gasteiger partial charge in [0.05, 0.1) is 7.11 Å². The Morgan fingerprint density at radius 3 is 2.45 bits per heavy atom. The molecule has 146 valence electrons. The largest absolute Gasteiger partial charge is 0.497 e. The minimum Gasteiger partial charge on any atom is -0.497 e. The molecule has 0 saturated carbocycles. The lowest BCUT2D eigenvalue weighted by atomic mass is 9.91. The molecule has 4 rings (SSSR count). The van der Waals surface area contributed by atoms with Crippen molar-refractivity contribution in [2.45, 2.75) is 5.92 Å². The third-order valence-electron chi connectivity index (χ3n) is 5.01. The number of nitrogens with one attached hydrogen (secondary N) is 3. The van der Waals surface area contributed by atoms with Crippen LogP contribution in [0.5, 0.6) is 5.75 Å². The quantitative estimate of drug-likeness (QED) is 0.431. The van der Waals surface area contributed by atoms with Gasteiger partial charge in [0.1, 0.15) is 5.75 Å². The molecule has 1 aromatic heterocycles. The lowest BCUT2D eigenvalue weighted by Crippen LogP contribution is -2.32. The number of anilines is 1. The van der Waals surface area contributed by atoms with E-state index >= 15 is 0 Å². The van der Waals surface area contributed by atoms with Gasteiger partial charge in [-0.25, -0.2) is 4.79 Å². The van der Waals surface area contributed by atoms with E-state index in [9.17, 15) is 4.79 Å². The monoisotopic (exact) mass is 385 g/mol. The Morgan fingerprint density at radius 2 is 1.69 bits per heavy atom. The predicted octanol–water partition coefficient (Wildman–Crippen LogP) is 5.13. The van der Waals surface area contributed by atoms with Crippen LogP contribution in [-0.4, -0.2) is 24.7 Å². The van der Waals surface area contributed by atoms with E-state index in [4.69, 9.17) is 4.74 Å². The molecule has 1 atom stereocenters. The van der Waals surface area contributed by atoms with Crippen molar-refractivity contribution in [3.63, 3.8) is 0 Å². The first-order valence-corrected chi connectivity index (χ1v) is 9.54. The molecule has 0 bridgehead atoms. The number of aromatic nitrogens is 1. The van der Waals surface area contributed by atoms with Crippen LogP contribution in [0.1, 0.15) is 17.0 Å². The first-order valence-electron chi connectivity index (χ1n) is 9.54. The van der Waals surface area contributed by atoms with Crippen molar-refractivity contribution in [3.05, 3.63) is 96.2 Å². The number of aromatic amines is 1. The van der Waals surface area contributed by atoms with Gasteiger partial charge in [0.15, 0.2) is 0 Å². The number of para-hydroxylation sites is 2. The zero-order valence-corrected chi connectivity index (χ0v) is 16.2. The summed E-state index contributed by atoms with van der Waals surface area (Å²) < 4.78 is 5.29. The van der Waals surface area contributed by atoms with E-state index in [1.165, 1.54) is 0 Å². The summed E-state index contributed by atoms with van der Waals surface area (Å²) >= 11 is 0. The van der Waals surface area contributed by atoms with E-state index in [1.807, 2.05) is 72.9 Å². The highest BCUT2D eigenvalue weighted by Crippen LogP contribution is 2.31. The standard InChI is InChI=1S/C24H23N3O2/c1-29-19-13-11-17(12-14-19)21(22-16-25-23-10-6-5-9-20(22)23)15-26-24(28)27-18-7-3-2-4-8-18/h2-14,16,21,25H,15H2,1H3,(H2,26,27,28). The second-order valence-electron chi connectivity index (χ2n) is 6.82. The fourth-order valence-corrected chi connectivity index (χ4v) is 3.52. The summed E-state index contributed by atoms with van der Waals surface area (Å²) in [4.78, 5) is 15.8. The van der Waals surface area contributed by atoms with Crippen molar-refractivity contribution in [1.82, 2.24) is 10.3 Å². The molecule has 5 nitrogen and oxygen atoms in total. The Morgan fingerprint density at radius 1 is 0.966 bits per heavy atom. The normalized spacial score (nSPS) is 11.8. The van der Waals surface area contributed by atoms with Gasteiger partial charge in [0, 0.05) is 35.2 Å². The smallest absolute Gasteiger partial charge is 0.319 e. The number of carbonyl (C=O) groups excluding carboxylic acids is 1. The Labute approximate surface area is 169 Å². The van der Waals surface area contributed by atoms with Crippen molar-refractivity contribution in [2.24, 2.45) is 0 Å². The topological polar surface area (TPSA) is 66.2 Å². The highest BCUT2D eigenvalue weighted by molar-refractivity contribution is 5.89. The van der Waals surface area contributed by atoms with Gasteiger partial charge in [-0.3, -0.25) is 0 Å². The molecule has 0 spiro atoms. The van der Waals surface area contributed by atoms with Crippen LogP contribution in [0.25, 0.3) is 10.9 Å². The van der Waals surface area contributed by atoms with Crippen LogP contribution in [0.4, 0.5) is 10.5 Å². The third kappa shape index (κ3) is 4.24. The van der Waals surface area contributed by atoms with Crippen LogP contribution in [0.15, 0.2) is 85.1 Å². The van der Waals surface area contributed by atoms with E-state index in [2.05, 4.69) is 27.8 Å². The summed E-state index contributed by atoms with van der Waals surface area (Å²) in [6.07, 6.45) is 2.02. The molecule has 1 heterocycles. The maximum atomic E-state index is 12.4. The molecule has 0 aliphatic carbocycles. The van der Waals surface area contributed by atoms with Crippen LogP contribution < -0.4 is 15.4 Å². The fourth-order valence-electron chi connectivity index (χ4n) is 3.52. The van der Waals surface area contributed by atoms with Gasteiger partial charge in [-0.2, -0.15) is 0 Å². The van der Waals surface area contributed by atoms with Crippen molar-refractivity contribution in [1.29, 1.82) is 0 Å². The van der Waals surface area contributed by atoms with Gasteiger partial charge >= 0.3 is 6.03 Å². The molecule has 5 heteroatoms. The van der Waals surface area contributed by atoms with E-state index in [0.29, 0.717) is 6.54 Å². The highest BCUT2D eigenvalue weighted by atomic mass is 16.5. The van der Waals surface area contributed by atoms with E-state index in [0.717, 1.165) is 33.5 Å². The maximum absolute atomic E-state index is 12.4. The molecule has 4 aromatic rings. The second kappa shape index (κ2) is 8.52. The molecule has 3 N–H and O–H groups in total. The molecular formula is C24H23N3O2. The number of amides is 2. The van der Waals surface area contributed by atoms with Crippen molar-refractivity contribution in [2.75, 3.05) is 19.0 Å². The van der Waals surface area contributed by atoms with Gasteiger partial charge in [-0.1, -0.05) is 48.5 Å². The maximum Gasteiger partial charge on any atom is 0.319 e. The first kappa shape index (κ1) is 18.6. The molecule has 0 fully saturated rings. The Bertz CT molecular complexity index is 1090. The van der Waals surface area contributed by atoms with Gasteiger partial charge in [-0.05, 0) is 41.5 Å². The second-order valence-corrected chi connectivity index (χ2v) is 6.82. The highest BCUT2D eigenvalue weighted by Gasteiger charge is 2.19. The molecule has 3 aromatic carbocycles. The SMILES string of the molecule is COc1ccc(C(CNC(=O)Nc2ccccc2)c2c[nH]c3ccccc23)cc1. The minimum absolute atomic E-state index is 0.00132. The zero-order chi connectivity index (χ0) is 20.1. The molecule has 0 aliphatic heterocycles. The van der Waals surface area contributed by atoms with Crippen LogP contribution in [-0.2, 0) is 0 Å². The number of hydrogen-bond donors (Lipinski definition) is 3. The molecule has 1 unspecified atom stereocenters. The number of hydrogen-bond acceptors (Lipinski definition) is 2. The van der Waals surface area contributed by atoms with Crippen molar-refractivity contribution in [3.8, 4) is 5.75 Å². The molecule has 0 saturated heterocycles. The average molecular weight is 385 g/mol. The first-order chi connectivity index (χ1) is 14.2. The Kier molecular flexibility index (Phi) is 5.47. The Hall–Kier alpha value is -3.73. The molecule has 29 heavy (non-hydrogen) atoms. The zero-order valence-electron chi connectivity index (χ0n) is 16.2. The lowest BCUT2D eigenvalue weighted by molar-refractivity contribution is 0.252. The van der Waals surface area contributed by atoms with E-state index < -0.39 is 0 Å². The number of urea groups is 1. The van der Waals surface area contributed by atoms with E-state index in [1.54, 1.807) is 7.11 Å². The van der Waals surface area contributed by atoms with Gasteiger partial charge in [0.2, 0.25) is 0 Å². The number of benzene rings is 3. The van der Waals surface area contributed by atoms with E-state index in [-0.39, 0.29) is 11.9 Å². The lowest BCUT2D eigenvalue weighted by Gasteiger charge is -2.19. The average Bonchev–Trinajstić information content (AvgIpc) is 3.19. The van der Waals surface area contributed by atoms with Gasteiger partial charge in [-0.15, -0.1) is 0 Å². The van der Waals surface area contributed by atoms with Gasteiger partial charge < -0.3 is 20.4 Å². The van der Waals surface area contributed by atoms with Crippen molar-refractivity contribution < 1.29 is 9.53 Å². The van der Waals surface area contributed by atoms with Crippen LogP contribution in [0.2, 0.25) is 0 Å². The molecule has 0 aliphatic rings. The predicted molar refractivity (Wildman–Crippen MR) is 117 cm³/mol. The third-order valence-corrected chi connectivity index (χ3v) is 5.01. The van der Waals surface area contributed by atoms with Gasteiger partial charge in [0.25, 0.3) is 0 Å². The summed E-state index contributed by atoms with van der Waals surface area (Å²) in [5.41, 5.74) is 4.09. The minimum atomic E-state index is -0.227.